The number of aromatic amines is 1. The molecule has 0 aliphatic rings. The van der Waals surface area contributed by atoms with Gasteiger partial charge in [0.15, 0.2) is 0 Å². The summed E-state index contributed by atoms with van der Waals surface area (Å²) < 4.78 is 0. The molecule has 2 N–H and O–H groups in total. The highest BCUT2D eigenvalue weighted by Gasteiger charge is 2.11. The van der Waals surface area contributed by atoms with Crippen molar-refractivity contribution in [2.24, 2.45) is 0 Å². The molecule has 3 aromatic rings. The Hall–Kier alpha value is -2.86. The number of carbonyl (C=O) groups excluding carboxylic acids is 1. The van der Waals surface area contributed by atoms with Gasteiger partial charge in [-0.2, -0.15) is 5.10 Å². The molecule has 0 saturated carbocycles. The number of nitrogens with one attached hydrogen (secondary N) is 2. The Morgan fingerprint density at radius 3 is 2.67 bits per heavy atom. The van der Waals surface area contributed by atoms with Gasteiger partial charge in [-0.3, -0.25) is 5.10 Å². The van der Waals surface area contributed by atoms with Gasteiger partial charge in [-0.05, 0) is 35.4 Å². The van der Waals surface area contributed by atoms with Crippen molar-refractivity contribution in [1.82, 2.24) is 20.1 Å². The van der Waals surface area contributed by atoms with Crippen LogP contribution in [0.5, 0.6) is 0 Å². The number of H-pyrrole nitrogens is 1. The van der Waals surface area contributed by atoms with E-state index >= 15 is 0 Å². The van der Waals surface area contributed by atoms with Crippen molar-refractivity contribution in [3.05, 3.63) is 65.7 Å². The summed E-state index contributed by atoms with van der Waals surface area (Å²) in [5.41, 5.74) is 2.68. The number of aromatic nitrogens is 3. The Balaban J connectivity index is 1.71. The molecular formula is C17H16ClN5O. The number of benzene rings is 2. The molecule has 0 radical (unpaired) electrons. The number of anilines is 1. The van der Waals surface area contributed by atoms with Crippen LogP contribution in [0.4, 0.5) is 10.5 Å². The normalized spacial score (nSPS) is 10.4. The molecule has 0 saturated heterocycles. The van der Waals surface area contributed by atoms with E-state index in [2.05, 4.69) is 20.5 Å². The number of rotatable bonds is 4. The molecule has 0 atom stereocenters. The smallest absolute Gasteiger partial charge is 0.320 e. The predicted octanol–water partition coefficient (Wildman–Crippen LogP) is 3.79. The SMILES string of the molecule is CN(Cc1ncn[nH]1)C(=O)Nc1cccc(-c2cccc(Cl)c2)c1. The summed E-state index contributed by atoms with van der Waals surface area (Å²) in [5, 5.41) is 10.0. The van der Waals surface area contributed by atoms with Crippen LogP contribution in [0.2, 0.25) is 5.02 Å². The van der Waals surface area contributed by atoms with E-state index < -0.39 is 0 Å². The fraction of sp³-hybridized carbons (Fsp3) is 0.118. The molecule has 0 aliphatic heterocycles. The zero-order valence-electron chi connectivity index (χ0n) is 13.0. The van der Waals surface area contributed by atoms with Gasteiger partial charge in [-0.25, -0.2) is 9.78 Å². The number of hydrogen-bond acceptors (Lipinski definition) is 3. The van der Waals surface area contributed by atoms with Gasteiger partial charge in [0.25, 0.3) is 0 Å². The maximum Gasteiger partial charge on any atom is 0.321 e. The lowest BCUT2D eigenvalue weighted by Crippen LogP contribution is -2.31. The standard InChI is InChI=1S/C17H16ClN5O/c1-23(10-16-19-11-20-22-16)17(24)21-15-7-3-5-13(9-15)12-4-2-6-14(18)8-12/h2-9,11H,10H2,1H3,(H,21,24)(H,19,20,22). The third kappa shape index (κ3) is 3.91. The molecule has 0 bridgehead atoms. The number of urea groups is 1. The number of hydrogen-bond donors (Lipinski definition) is 2. The molecule has 0 aliphatic carbocycles. The Morgan fingerprint density at radius 1 is 1.21 bits per heavy atom. The lowest BCUT2D eigenvalue weighted by atomic mass is 10.1. The third-order valence-corrected chi connectivity index (χ3v) is 3.71. The molecule has 24 heavy (non-hydrogen) atoms. The largest absolute Gasteiger partial charge is 0.321 e. The molecule has 7 heteroatoms. The summed E-state index contributed by atoms with van der Waals surface area (Å²) >= 11 is 6.04. The Kier molecular flexibility index (Phi) is 4.77. The van der Waals surface area contributed by atoms with Gasteiger partial charge in [0.05, 0.1) is 6.54 Å². The van der Waals surface area contributed by atoms with Crippen LogP contribution < -0.4 is 5.32 Å². The molecule has 1 heterocycles. The number of nitrogens with zero attached hydrogens (tertiary/aromatic N) is 3. The van der Waals surface area contributed by atoms with E-state index in [1.165, 1.54) is 11.2 Å². The van der Waals surface area contributed by atoms with Crippen LogP contribution in [-0.2, 0) is 6.54 Å². The first-order valence-electron chi connectivity index (χ1n) is 7.34. The quantitative estimate of drug-likeness (QED) is 0.758. The molecule has 2 amide bonds. The van der Waals surface area contributed by atoms with Crippen molar-refractivity contribution >= 4 is 23.3 Å². The fourth-order valence-corrected chi connectivity index (χ4v) is 2.46. The van der Waals surface area contributed by atoms with Crippen LogP contribution in [0, 0.1) is 0 Å². The van der Waals surface area contributed by atoms with E-state index in [-0.39, 0.29) is 6.03 Å². The number of amides is 2. The maximum absolute atomic E-state index is 12.3. The average Bonchev–Trinajstić information content (AvgIpc) is 3.08. The van der Waals surface area contributed by atoms with Gasteiger partial charge in [0.2, 0.25) is 0 Å². The summed E-state index contributed by atoms with van der Waals surface area (Å²) in [4.78, 5) is 17.8. The van der Waals surface area contributed by atoms with E-state index in [9.17, 15) is 4.79 Å². The Labute approximate surface area is 144 Å². The Bertz CT molecular complexity index is 835. The second kappa shape index (κ2) is 7.14. The van der Waals surface area contributed by atoms with Crippen molar-refractivity contribution in [2.45, 2.75) is 6.54 Å². The second-order valence-electron chi connectivity index (χ2n) is 5.31. The highest BCUT2D eigenvalue weighted by Crippen LogP contribution is 2.25. The average molecular weight is 342 g/mol. The summed E-state index contributed by atoms with van der Waals surface area (Å²) in [6, 6.07) is 15.0. The minimum atomic E-state index is -0.227. The van der Waals surface area contributed by atoms with Crippen LogP contribution in [0.25, 0.3) is 11.1 Å². The first-order valence-corrected chi connectivity index (χ1v) is 7.72. The number of carbonyl (C=O) groups is 1. The molecule has 122 valence electrons. The lowest BCUT2D eigenvalue weighted by molar-refractivity contribution is 0.219. The molecular weight excluding hydrogens is 326 g/mol. The van der Waals surface area contributed by atoms with Crippen LogP contribution in [-0.4, -0.2) is 33.2 Å². The van der Waals surface area contributed by atoms with Crippen molar-refractivity contribution < 1.29 is 4.79 Å². The van der Waals surface area contributed by atoms with Gasteiger partial charge in [-0.15, -0.1) is 0 Å². The Morgan fingerprint density at radius 2 is 1.96 bits per heavy atom. The van der Waals surface area contributed by atoms with E-state index in [0.717, 1.165) is 11.1 Å². The minimum absolute atomic E-state index is 0.227. The van der Waals surface area contributed by atoms with E-state index in [1.807, 2.05) is 48.5 Å². The van der Waals surface area contributed by atoms with E-state index in [1.54, 1.807) is 7.05 Å². The van der Waals surface area contributed by atoms with Crippen LogP contribution in [0.1, 0.15) is 5.82 Å². The molecule has 0 unspecified atom stereocenters. The highest BCUT2D eigenvalue weighted by atomic mass is 35.5. The predicted molar refractivity (Wildman–Crippen MR) is 93.8 cm³/mol. The lowest BCUT2D eigenvalue weighted by Gasteiger charge is -2.17. The molecule has 0 spiro atoms. The highest BCUT2D eigenvalue weighted by molar-refractivity contribution is 6.30. The molecule has 2 aromatic carbocycles. The summed E-state index contributed by atoms with van der Waals surface area (Å²) in [6.07, 6.45) is 1.41. The van der Waals surface area contributed by atoms with Gasteiger partial charge in [0.1, 0.15) is 12.2 Å². The molecule has 0 fully saturated rings. The molecule has 3 rings (SSSR count). The second-order valence-corrected chi connectivity index (χ2v) is 5.75. The van der Waals surface area contributed by atoms with E-state index in [4.69, 9.17) is 11.6 Å². The van der Waals surface area contributed by atoms with Crippen LogP contribution in [0.15, 0.2) is 54.9 Å². The molecule has 6 nitrogen and oxygen atoms in total. The molecule has 1 aromatic heterocycles. The first kappa shape index (κ1) is 16.0. The third-order valence-electron chi connectivity index (χ3n) is 3.47. The van der Waals surface area contributed by atoms with Crippen LogP contribution in [0.3, 0.4) is 0 Å². The zero-order chi connectivity index (χ0) is 16.9. The van der Waals surface area contributed by atoms with Crippen molar-refractivity contribution in [2.75, 3.05) is 12.4 Å². The van der Waals surface area contributed by atoms with Crippen molar-refractivity contribution in [3.8, 4) is 11.1 Å². The first-order chi connectivity index (χ1) is 11.6. The zero-order valence-corrected chi connectivity index (χ0v) is 13.8. The monoisotopic (exact) mass is 341 g/mol. The van der Waals surface area contributed by atoms with Crippen molar-refractivity contribution in [3.63, 3.8) is 0 Å². The summed E-state index contributed by atoms with van der Waals surface area (Å²) in [5.74, 6) is 0.625. The van der Waals surface area contributed by atoms with Gasteiger partial charge < -0.3 is 10.2 Å². The minimum Gasteiger partial charge on any atom is -0.320 e. The van der Waals surface area contributed by atoms with Gasteiger partial charge >= 0.3 is 6.03 Å². The van der Waals surface area contributed by atoms with Gasteiger partial charge in [-0.1, -0.05) is 35.9 Å². The number of halogens is 1. The van der Waals surface area contributed by atoms with E-state index in [0.29, 0.717) is 23.1 Å². The topological polar surface area (TPSA) is 73.9 Å². The summed E-state index contributed by atoms with van der Waals surface area (Å²) in [7, 11) is 1.69. The van der Waals surface area contributed by atoms with Crippen molar-refractivity contribution in [1.29, 1.82) is 0 Å². The van der Waals surface area contributed by atoms with Gasteiger partial charge in [0, 0.05) is 17.8 Å². The van der Waals surface area contributed by atoms with Crippen LogP contribution >= 0.6 is 11.6 Å². The fourth-order valence-electron chi connectivity index (χ4n) is 2.27. The maximum atomic E-state index is 12.3. The summed E-state index contributed by atoms with van der Waals surface area (Å²) in [6.45, 7) is 0.347.